The number of aryl methyl sites for hydroxylation is 1. The van der Waals surface area contributed by atoms with Crippen molar-refractivity contribution < 1.29 is 9.13 Å². The molecule has 0 amide bonds. The molecule has 0 saturated carbocycles. The van der Waals surface area contributed by atoms with Gasteiger partial charge in [-0.1, -0.05) is 6.92 Å². The summed E-state index contributed by atoms with van der Waals surface area (Å²) in [7, 11) is 1.47. The van der Waals surface area contributed by atoms with Gasteiger partial charge in [-0.25, -0.2) is 4.39 Å². The number of aromatic nitrogens is 1. The first kappa shape index (κ1) is 9.06. The Morgan fingerprint density at radius 1 is 1.43 bits per heavy atom. The van der Waals surface area contributed by atoms with Crippen LogP contribution in [-0.2, 0) is 6.42 Å². The molecule has 74 valence electrons. The average Bonchev–Trinajstić information content (AvgIpc) is 2.62. The van der Waals surface area contributed by atoms with Crippen LogP contribution in [0.2, 0.25) is 0 Å². The van der Waals surface area contributed by atoms with E-state index in [0.717, 1.165) is 17.6 Å². The minimum Gasteiger partial charge on any atom is -0.494 e. The van der Waals surface area contributed by atoms with Crippen molar-refractivity contribution in [1.29, 1.82) is 0 Å². The molecule has 14 heavy (non-hydrogen) atoms. The van der Waals surface area contributed by atoms with Crippen molar-refractivity contribution in [2.45, 2.75) is 13.3 Å². The Morgan fingerprint density at radius 2 is 2.21 bits per heavy atom. The first-order valence-electron chi connectivity index (χ1n) is 4.60. The predicted octanol–water partition coefficient (Wildman–Crippen LogP) is 2.88. The van der Waals surface area contributed by atoms with Gasteiger partial charge in [0.1, 0.15) is 0 Å². The maximum absolute atomic E-state index is 13.7. The highest BCUT2D eigenvalue weighted by Gasteiger charge is 2.09. The third-order valence-electron chi connectivity index (χ3n) is 2.36. The minimum absolute atomic E-state index is 0.291. The first-order chi connectivity index (χ1) is 6.76. The lowest BCUT2D eigenvalue weighted by Gasteiger charge is -2.00. The largest absolute Gasteiger partial charge is 0.494 e. The third kappa shape index (κ3) is 1.25. The van der Waals surface area contributed by atoms with Gasteiger partial charge in [-0.2, -0.15) is 0 Å². The molecule has 0 bridgehead atoms. The van der Waals surface area contributed by atoms with E-state index < -0.39 is 0 Å². The van der Waals surface area contributed by atoms with Crippen molar-refractivity contribution in [2.75, 3.05) is 7.11 Å². The number of hydrogen-bond acceptors (Lipinski definition) is 1. The van der Waals surface area contributed by atoms with Crippen LogP contribution in [0.15, 0.2) is 18.2 Å². The first-order valence-corrected chi connectivity index (χ1v) is 4.60. The van der Waals surface area contributed by atoms with Gasteiger partial charge in [0.2, 0.25) is 0 Å². The standard InChI is InChI=1S/C11H12FNO/c1-3-7-6-8-9(13-7)4-5-10(14-2)11(8)12/h4-6,13H,3H2,1-2H3. The summed E-state index contributed by atoms with van der Waals surface area (Å²) in [5.41, 5.74) is 1.85. The maximum atomic E-state index is 13.7. The zero-order valence-electron chi connectivity index (χ0n) is 8.23. The molecule has 2 nitrogen and oxygen atoms in total. The van der Waals surface area contributed by atoms with Gasteiger partial charge in [-0.15, -0.1) is 0 Å². The summed E-state index contributed by atoms with van der Waals surface area (Å²) < 4.78 is 18.6. The normalized spacial score (nSPS) is 10.8. The van der Waals surface area contributed by atoms with Gasteiger partial charge in [0.05, 0.1) is 7.11 Å². The smallest absolute Gasteiger partial charge is 0.174 e. The predicted molar refractivity (Wildman–Crippen MR) is 54.2 cm³/mol. The summed E-state index contributed by atoms with van der Waals surface area (Å²) in [4.78, 5) is 3.14. The third-order valence-corrected chi connectivity index (χ3v) is 2.36. The highest BCUT2D eigenvalue weighted by Crippen LogP contribution is 2.26. The van der Waals surface area contributed by atoms with Gasteiger partial charge < -0.3 is 9.72 Å². The molecular weight excluding hydrogens is 181 g/mol. The van der Waals surface area contributed by atoms with Gasteiger partial charge in [0.25, 0.3) is 0 Å². The van der Waals surface area contributed by atoms with Crippen LogP contribution in [0.5, 0.6) is 5.75 Å². The Bertz CT molecular complexity index is 462. The molecule has 0 spiro atoms. The minimum atomic E-state index is -0.291. The summed E-state index contributed by atoms with van der Waals surface area (Å²) in [5.74, 6) is 0.0000954. The van der Waals surface area contributed by atoms with Crippen molar-refractivity contribution in [2.24, 2.45) is 0 Å². The van der Waals surface area contributed by atoms with E-state index in [1.165, 1.54) is 7.11 Å². The molecule has 1 aromatic heterocycles. The number of benzene rings is 1. The number of hydrogen-bond donors (Lipinski definition) is 1. The SMILES string of the molecule is CCc1cc2c(F)c(OC)ccc2[nH]1. The van der Waals surface area contributed by atoms with Crippen molar-refractivity contribution in [1.82, 2.24) is 4.98 Å². The van der Waals surface area contributed by atoms with Crippen molar-refractivity contribution in [3.63, 3.8) is 0 Å². The van der Waals surface area contributed by atoms with E-state index in [4.69, 9.17) is 4.74 Å². The van der Waals surface area contributed by atoms with Crippen molar-refractivity contribution in [3.05, 3.63) is 29.7 Å². The second-order valence-corrected chi connectivity index (χ2v) is 3.19. The molecule has 2 rings (SSSR count). The molecule has 3 heteroatoms. The Morgan fingerprint density at radius 3 is 2.86 bits per heavy atom. The number of aromatic amines is 1. The van der Waals surface area contributed by atoms with Gasteiger partial charge in [0.15, 0.2) is 11.6 Å². The quantitative estimate of drug-likeness (QED) is 0.779. The van der Waals surface area contributed by atoms with E-state index in [9.17, 15) is 4.39 Å². The van der Waals surface area contributed by atoms with Crippen LogP contribution in [0, 0.1) is 5.82 Å². The molecule has 2 aromatic rings. The molecule has 0 fully saturated rings. The molecule has 0 atom stereocenters. The fourth-order valence-electron chi connectivity index (χ4n) is 1.55. The number of nitrogens with one attached hydrogen (secondary N) is 1. The van der Waals surface area contributed by atoms with E-state index >= 15 is 0 Å². The topological polar surface area (TPSA) is 25.0 Å². The summed E-state index contributed by atoms with van der Waals surface area (Å²) in [6, 6.07) is 5.29. The van der Waals surface area contributed by atoms with E-state index in [-0.39, 0.29) is 5.82 Å². The van der Waals surface area contributed by atoms with Crippen LogP contribution in [-0.4, -0.2) is 12.1 Å². The zero-order chi connectivity index (χ0) is 10.1. The van der Waals surface area contributed by atoms with Gasteiger partial charge >= 0.3 is 0 Å². The van der Waals surface area contributed by atoms with Crippen molar-refractivity contribution in [3.8, 4) is 5.75 Å². The van der Waals surface area contributed by atoms with Crippen molar-refractivity contribution >= 4 is 10.9 Å². The number of methoxy groups -OCH3 is 1. The molecule has 0 aliphatic heterocycles. The molecule has 1 aromatic carbocycles. The lowest BCUT2D eigenvalue weighted by Crippen LogP contribution is -1.87. The highest BCUT2D eigenvalue weighted by molar-refractivity contribution is 5.82. The average molecular weight is 193 g/mol. The molecule has 1 N–H and O–H groups in total. The van der Waals surface area contributed by atoms with Crippen LogP contribution in [0.3, 0.4) is 0 Å². The number of fused-ring (bicyclic) bond motifs is 1. The maximum Gasteiger partial charge on any atom is 0.174 e. The fourth-order valence-corrected chi connectivity index (χ4v) is 1.55. The summed E-state index contributed by atoms with van der Waals surface area (Å²) in [6.07, 6.45) is 0.871. The zero-order valence-corrected chi connectivity index (χ0v) is 8.23. The summed E-state index contributed by atoms with van der Waals surface area (Å²) in [5, 5.41) is 0.598. The van der Waals surface area contributed by atoms with E-state index in [1.807, 2.05) is 19.1 Å². The lowest BCUT2D eigenvalue weighted by atomic mass is 10.2. The number of H-pyrrole nitrogens is 1. The molecule has 0 saturated heterocycles. The Kier molecular flexibility index (Phi) is 2.15. The van der Waals surface area contributed by atoms with E-state index in [1.54, 1.807) is 6.07 Å². The Balaban J connectivity index is 2.68. The Labute approximate surface area is 81.7 Å². The summed E-state index contributed by atoms with van der Waals surface area (Å²) >= 11 is 0. The van der Waals surface area contributed by atoms with Crippen LogP contribution >= 0.6 is 0 Å². The number of rotatable bonds is 2. The van der Waals surface area contributed by atoms with Gasteiger partial charge in [0, 0.05) is 16.6 Å². The van der Waals surface area contributed by atoms with Crippen LogP contribution in [0.1, 0.15) is 12.6 Å². The highest BCUT2D eigenvalue weighted by atomic mass is 19.1. The van der Waals surface area contributed by atoms with Gasteiger partial charge in [-0.3, -0.25) is 0 Å². The molecule has 1 heterocycles. The molecule has 0 unspecified atom stereocenters. The van der Waals surface area contributed by atoms with Gasteiger partial charge in [-0.05, 0) is 24.6 Å². The van der Waals surface area contributed by atoms with Crippen LogP contribution in [0.25, 0.3) is 10.9 Å². The van der Waals surface area contributed by atoms with E-state index in [0.29, 0.717) is 11.1 Å². The number of halogens is 1. The fraction of sp³-hybridized carbons (Fsp3) is 0.273. The molecule has 0 aliphatic rings. The van der Waals surface area contributed by atoms with Crippen LogP contribution in [0.4, 0.5) is 4.39 Å². The van der Waals surface area contributed by atoms with E-state index in [2.05, 4.69) is 4.98 Å². The number of ether oxygens (including phenoxy) is 1. The molecule has 0 aliphatic carbocycles. The lowest BCUT2D eigenvalue weighted by molar-refractivity contribution is 0.389. The monoisotopic (exact) mass is 193 g/mol. The summed E-state index contributed by atoms with van der Waals surface area (Å²) in [6.45, 7) is 2.03. The molecular formula is C11H12FNO. The second kappa shape index (κ2) is 3.33. The van der Waals surface area contributed by atoms with Crippen LogP contribution < -0.4 is 4.74 Å². The molecule has 0 radical (unpaired) electrons. The Hall–Kier alpha value is -1.51. The second-order valence-electron chi connectivity index (χ2n) is 3.19.